The summed E-state index contributed by atoms with van der Waals surface area (Å²) in [6.45, 7) is 8.91. The van der Waals surface area contributed by atoms with Gasteiger partial charge < -0.3 is 14.9 Å². The average Bonchev–Trinajstić information content (AvgIpc) is 2.84. The fourth-order valence-electron chi connectivity index (χ4n) is 2.03. The molecule has 1 aromatic rings. The number of oxazole rings is 1. The first-order valence-electron chi connectivity index (χ1n) is 7.22. The predicted octanol–water partition coefficient (Wildman–Crippen LogP) is 2.85. The molecule has 1 heterocycles. The average molecular weight is 282 g/mol. The molecule has 0 amide bonds. The third-order valence-corrected chi connectivity index (χ3v) is 3.04. The highest BCUT2D eigenvalue weighted by Crippen LogP contribution is 2.16. The van der Waals surface area contributed by atoms with Gasteiger partial charge in [0.2, 0.25) is 0 Å². The van der Waals surface area contributed by atoms with Crippen LogP contribution in [-0.4, -0.2) is 17.5 Å². The molecule has 0 aliphatic heterocycles. The van der Waals surface area contributed by atoms with Gasteiger partial charge in [0.25, 0.3) is 0 Å². The summed E-state index contributed by atoms with van der Waals surface area (Å²) in [5.41, 5.74) is 6.33. The van der Waals surface area contributed by atoms with E-state index in [4.69, 9.17) is 14.9 Å². The molecule has 5 nitrogen and oxygen atoms in total. The fourth-order valence-corrected chi connectivity index (χ4v) is 2.03. The number of nitrogens with zero attached hydrogens (tertiary/aromatic N) is 1. The van der Waals surface area contributed by atoms with Gasteiger partial charge in [0, 0.05) is 12.3 Å². The highest BCUT2D eigenvalue weighted by atomic mass is 16.5. The first-order chi connectivity index (χ1) is 9.42. The second-order valence-electron chi connectivity index (χ2n) is 5.93. The van der Waals surface area contributed by atoms with Gasteiger partial charge in [-0.1, -0.05) is 27.7 Å². The molecule has 0 saturated carbocycles. The molecule has 0 aromatic carbocycles. The third kappa shape index (κ3) is 5.74. The van der Waals surface area contributed by atoms with Crippen LogP contribution in [0.2, 0.25) is 0 Å². The zero-order valence-electron chi connectivity index (χ0n) is 12.9. The molecule has 0 fully saturated rings. The molecule has 0 saturated heterocycles. The van der Waals surface area contributed by atoms with Gasteiger partial charge in [-0.05, 0) is 24.8 Å². The van der Waals surface area contributed by atoms with Crippen molar-refractivity contribution in [2.24, 2.45) is 17.6 Å². The number of ether oxygens (including phenoxy) is 1. The van der Waals surface area contributed by atoms with Gasteiger partial charge in [-0.3, -0.25) is 4.79 Å². The smallest absolute Gasteiger partial charge is 0.306 e. The molecule has 1 atom stereocenters. The first kappa shape index (κ1) is 16.7. The van der Waals surface area contributed by atoms with Crippen LogP contribution < -0.4 is 5.73 Å². The van der Waals surface area contributed by atoms with Crippen LogP contribution >= 0.6 is 0 Å². The Bertz CT molecular complexity index is 413. The van der Waals surface area contributed by atoms with Gasteiger partial charge in [-0.2, -0.15) is 0 Å². The summed E-state index contributed by atoms with van der Waals surface area (Å²) >= 11 is 0. The molecular formula is C15H26N2O3. The van der Waals surface area contributed by atoms with Crippen LogP contribution in [0.1, 0.15) is 58.0 Å². The number of carbonyl (C=O) groups excluding carboxylic acids is 1. The summed E-state index contributed by atoms with van der Waals surface area (Å²) in [6.07, 6.45) is 2.84. The van der Waals surface area contributed by atoms with E-state index in [0.717, 1.165) is 6.42 Å². The lowest BCUT2D eigenvalue weighted by Gasteiger charge is -2.15. The molecule has 0 aliphatic carbocycles. The lowest BCUT2D eigenvalue weighted by Crippen LogP contribution is -2.21. The van der Waals surface area contributed by atoms with Crippen LogP contribution in [0.25, 0.3) is 0 Å². The highest BCUT2D eigenvalue weighted by molar-refractivity contribution is 5.69. The first-order valence-corrected chi connectivity index (χ1v) is 7.22. The summed E-state index contributed by atoms with van der Waals surface area (Å²) in [5.74, 6) is 1.38. The molecule has 0 unspecified atom stereocenters. The van der Waals surface area contributed by atoms with Crippen LogP contribution in [0.15, 0.2) is 10.7 Å². The largest absolute Gasteiger partial charge is 0.459 e. The molecule has 2 N–H and O–H groups in total. The molecule has 114 valence electrons. The molecule has 0 aliphatic rings. The number of carbonyl (C=O) groups is 1. The minimum absolute atomic E-state index is 0.161. The Morgan fingerprint density at radius 1 is 1.40 bits per heavy atom. The molecule has 0 bridgehead atoms. The number of rotatable bonds is 8. The van der Waals surface area contributed by atoms with Crippen molar-refractivity contribution in [1.82, 2.24) is 4.98 Å². The highest BCUT2D eigenvalue weighted by Gasteiger charge is 2.16. The van der Waals surface area contributed by atoms with Crippen molar-refractivity contribution < 1.29 is 13.9 Å². The lowest BCUT2D eigenvalue weighted by molar-refractivity contribution is -0.146. The quantitative estimate of drug-likeness (QED) is 0.742. The zero-order valence-corrected chi connectivity index (χ0v) is 12.9. The monoisotopic (exact) mass is 282 g/mol. The Balaban J connectivity index is 2.38. The van der Waals surface area contributed by atoms with E-state index in [9.17, 15) is 4.79 Å². The summed E-state index contributed by atoms with van der Waals surface area (Å²) in [5, 5.41) is 0. The van der Waals surface area contributed by atoms with Gasteiger partial charge in [-0.25, -0.2) is 4.98 Å². The van der Waals surface area contributed by atoms with Gasteiger partial charge in [0.05, 0.1) is 0 Å². The van der Waals surface area contributed by atoms with E-state index in [2.05, 4.69) is 18.8 Å². The van der Waals surface area contributed by atoms with Crippen molar-refractivity contribution >= 4 is 5.97 Å². The van der Waals surface area contributed by atoms with Gasteiger partial charge >= 0.3 is 5.97 Å². The maximum atomic E-state index is 11.8. The number of hydrogen-bond acceptors (Lipinski definition) is 5. The second-order valence-corrected chi connectivity index (χ2v) is 5.93. The fraction of sp³-hybridized carbons (Fsp3) is 0.733. The molecule has 5 heteroatoms. The van der Waals surface area contributed by atoms with Crippen LogP contribution in [0.4, 0.5) is 0 Å². The van der Waals surface area contributed by atoms with Gasteiger partial charge in [0.1, 0.15) is 18.6 Å². The summed E-state index contributed by atoms with van der Waals surface area (Å²) < 4.78 is 10.5. The van der Waals surface area contributed by atoms with E-state index < -0.39 is 0 Å². The van der Waals surface area contributed by atoms with Crippen LogP contribution in [0, 0.1) is 11.8 Å². The van der Waals surface area contributed by atoms with E-state index in [1.165, 1.54) is 6.26 Å². The minimum atomic E-state index is -0.227. The zero-order chi connectivity index (χ0) is 15.1. The molecule has 1 aromatic heterocycles. The van der Waals surface area contributed by atoms with Crippen molar-refractivity contribution in [2.45, 2.75) is 53.1 Å². The van der Waals surface area contributed by atoms with Crippen LogP contribution in [0.3, 0.4) is 0 Å². The Hall–Kier alpha value is -1.36. The SMILES string of the molecule is CC(C)C[C@H](CN)CC(=O)OCc1coc(C(C)C)n1. The summed E-state index contributed by atoms with van der Waals surface area (Å²) in [7, 11) is 0. The second kappa shape index (κ2) is 8.04. The van der Waals surface area contributed by atoms with E-state index in [0.29, 0.717) is 30.5 Å². The topological polar surface area (TPSA) is 78.4 Å². The number of aromatic nitrogens is 1. The van der Waals surface area contributed by atoms with E-state index in [1.54, 1.807) is 0 Å². The number of hydrogen-bond donors (Lipinski definition) is 1. The van der Waals surface area contributed by atoms with Crippen LogP contribution in [0.5, 0.6) is 0 Å². The standard InChI is InChI=1S/C15H26N2O3/c1-10(2)5-12(7-16)6-14(18)19-8-13-9-20-15(17-13)11(3)4/h9-12H,5-8,16H2,1-4H3/t12-/m0/s1. The molecular weight excluding hydrogens is 256 g/mol. The van der Waals surface area contributed by atoms with Crippen molar-refractivity contribution in [2.75, 3.05) is 6.54 Å². The number of esters is 1. The van der Waals surface area contributed by atoms with E-state index in [-0.39, 0.29) is 24.4 Å². The van der Waals surface area contributed by atoms with Crippen molar-refractivity contribution in [3.8, 4) is 0 Å². The Morgan fingerprint density at radius 3 is 2.60 bits per heavy atom. The maximum absolute atomic E-state index is 11.8. The van der Waals surface area contributed by atoms with Crippen molar-refractivity contribution in [3.05, 3.63) is 17.8 Å². The van der Waals surface area contributed by atoms with Gasteiger partial charge in [-0.15, -0.1) is 0 Å². The van der Waals surface area contributed by atoms with Crippen molar-refractivity contribution in [3.63, 3.8) is 0 Å². The summed E-state index contributed by atoms with van der Waals surface area (Å²) in [6, 6.07) is 0. The molecule has 20 heavy (non-hydrogen) atoms. The minimum Gasteiger partial charge on any atom is -0.459 e. The Labute approximate surface area is 120 Å². The lowest BCUT2D eigenvalue weighted by atomic mass is 9.94. The Kier molecular flexibility index (Phi) is 6.71. The molecule has 0 radical (unpaired) electrons. The van der Waals surface area contributed by atoms with E-state index in [1.807, 2.05) is 13.8 Å². The molecule has 1 rings (SSSR count). The van der Waals surface area contributed by atoms with Gasteiger partial charge in [0.15, 0.2) is 5.89 Å². The Morgan fingerprint density at radius 2 is 2.10 bits per heavy atom. The third-order valence-electron chi connectivity index (χ3n) is 3.04. The molecule has 0 spiro atoms. The normalized spacial score (nSPS) is 12.9. The van der Waals surface area contributed by atoms with E-state index >= 15 is 0 Å². The van der Waals surface area contributed by atoms with Crippen LogP contribution in [-0.2, 0) is 16.1 Å². The number of nitrogens with two attached hydrogens (primary N) is 1. The summed E-state index contributed by atoms with van der Waals surface area (Å²) in [4.78, 5) is 16.0. The predicted molar refractivity (Wildman–Crippen MR) is 77.0 cm³/mol. The van der Waals surface area contributed by atoms with Crippen molar-refractivity contribution in [1.29, 1.82) is 0 Å². The maximum Gasteiger partial charge on any atom is 0.306 e.